The number of nitriles is 1. The van der Waals surface area contributed by atoms with Crippen LogP contribution in [0.4, 0.5) is 4.39 Å². The maximum absolute atomic E-state index is 14.8. The number of H-pyrrole nitrogens is 1. The molecule has 7 nitrogen and oxygen atoms in total. The summed E-state index contributed by atoms with van der Waals surface area (Å²) >= 11 is 0. The Balaban J connectivity index is 1.82. The van der Waals surface area contributed by atoms with Gasteiger partial charge in [0.25, 0.3) is 0 Å². The third-order valence-corrected chi connectivity index (χ3v) is 7.14. The van der Waals surface area contributed by atoms with Crippen molar-refractivity contribution in [1.29, 1.82) is 5.26 Å². The van der Waals surface area contributed by atoms with Crippen molar-refractivity contribution in [3.8, 4) is 11.9 Å². The number of nitrogens with one attached hydrogen (secondary N) is 1. The second-order valence-corrected chi connectivity index (χ2v) is 9.52. The van der Waals surface area contributed by atoms with E-state index in [2.05, 4.69) is 21.3 Å². The number of aryl methyl sites for hydroxylation is 1. The molecule has 4 aromatic rings. The molecule has 0 bridgehead atoms. The van der Waals surface area contributed by atoms with Crippen LogP contribution in [-0.4, -0.2) is 32.9 Å². The Hall–Kier alpha value is -4.77. The summed E-state index contributed by atoms with van der Waals surface area (Å²) in [5.74, 6) is -0.982. The predicted octanol–water partition coefficient (Wildman–Crippen LogP) is 6.53. The number of ether oxygens (including phenoxy) is 1. The fourth-order valence-corrected chi connectivity index (χ4v) is 5.08. The smallest absolute Gasteiger partial charge is 0.328 e. The number of rotatable bonds is 8. The summed E-state index contributed by atoms with van der Waals surface area (Å²) < 4.78 is 20.4. The number of nitrogens with zero attached hydrogens (tertiary/aromatic N) is 3. The number of aromatic nitrogens is 3. The number of benzene rings is 2. The lowest BCUT2D eigenvalue weighted by Crippen LogP contribution is -2.16. The number of hydrogen-bond acceptors (Lipinski definition) is 5. The van der Waals surface area contributed by atoms with Gasteiger partial charge in [-0.1, -0.05) is 36.8 Å². The number of aromatic amines is 1. The van der Waals surface area contributed by atoms with Crippen LogP contribution < -0.4 is 4.74 Å². The number of aliphatic carboxylic acids is 1. The standard InChI is InChI=1S/C31H27FN4O3/c1-3-39-26-15-18(2)24(17-34-26)29(20-5-4-6-20)28(21-10-7-19(8-11-21)9-14-27(37)38)22-12-13-25-30(23(22)16-33)31(32)36-35-25/h7-15,17,20H,3-6H2,1-2H3,(H,35,36)(H,37,38). The zero-order valence-electron chi connectivity index (χ0n) is 21.7. The zero-order chi connectivity index (χ0) is 27.5. The monoisotopic (exact) mass is 522 g/mol. The van der Waals surface area contributed by atoms with Gasteiger partial charge in [-0.05, 0) is 72.6 Å². The van der Waals surface area contributed by atoms with E-state index in [9.17, 15) is 14.4 Å². The molecule has 196 valence electrons. The normalized spacial score (nSPS) is 14.2. The first-order valence-corrected chi connectivity index (χ1v) is 12.8. The molecule has 39 heavy (non-hydrogen) atoms. The number of allylic oxidation sites excluding steroid dienone is 1. The Morgan fingerprint density at radius 3 is 2.62 bits per heavy atom. The van der Waals surface area contributed by atoms with E-state index in [0.29, 0.717) is 23.6 Å². The van der Waals surface area contributed by atoms with Crippen molar-refractivity contribution in [3.63, 3.8) is 0 Å². The molecular weight excluding hydrogens is 495 g/mol. The highest BCUT2D eigenvalue weighted by Crippen LogP contribution is 2.47. The van der Waals surface area contributed by atoms with E-state index in [-0.39, 0.29) is 16.9 Å². The molecule has 2 N–H and O–H groups in total. The molecule has 0 radical (unpaired) electrons. The van der Waals surface area contributed by atoms with E-state index in [4.69, 9.17) is 9.84 Å². The second-order valence-electron chi connectivity index (χ2n) is 9.52. The Labute approximate surface area is 225 Å². The van der Waals surface area contributed by atoms with Crippen LogP contribution in [0.1, 0.15) is 59.6 Å². The molecule has 1 aliphatic carbocycles. The van der Waals surface area contributed by atoms with Crippen molar-refractivity contribution in [1.82, 2.24) is 15.2 Å². The minimum Gasteiger partial charge on any atom is -0.478 e. The maximum atomic E-state index is 14.8. The quantitative estimate of drug-likeness (QED) is 0.254. The van der Waals surface area contributed by atoms with Crippen molar-refractivity contribution < 1.29 is 19.0 Å². The van der Waals surface area contributed by atoms with Gasteiger partial charge < -0.3 is 9.84 Å². The number of carboxylic acids is 1. The fraction of sp³-hybridized carbons (Fsp3) is 0.226. The molecule has 2 aromatic carbocycles. The average molecular weight is 523 g/mol. The third kappa shape index (κ3) is 5.04. The summed E-state index contributed by atoms with van der Waals surface area (Å²) in [6, 6.07) is 15.2. The van der Waals surface area contributed by atoms with E-state index in [1.165, 1.54) is 6.08 Å². The van der Waals surface area contributed by atoms with Crippen LogP contribution in [0.5, 0.6) is 5.88 Å². The Kier molecular flexibility index (Phi) is 7.24. The summed E-state index contributed by atoms with van der Waals surface area (Å²) in [5.41, 5.74) is 6.62. The molecule has 1 aliphatic rings. The molecule has 5 rings (SSSR count). The van der Waals surface area contributed by atoms with Crippen LogP contribution in [0.25, 0.3) is 28.1 Å². The number of carbonyl (C=O) groups is 1. The van der Waals surface area contributed by atoms with Gasteiger partial charge in [-0.25, -0.2) is 9.78 Å². The van der Waals surface area contributed by atoms with Gasteiger partial charge in [-0.3, -0.25) is 5.10 Å². The summed E-state index contributed by atoms with van der Waals surface area (Å²) in [7, 11) is 0. The van der Waals surface area contributed by atoms with Gasteiger partial charge in [-0.2, -0.15) is 9.65 Å². The SMILES string of the molecule is CCOc1cc(C)c(C(=C(c2ccc(C=CC(=O)O)cc2)c2ccc3[nH]nc(F)c3c2C#N)C2CCC2)cn1. The van der Waals surface area contributed by atoms with Gasteiger partial charge in [0.15, 0.2) is 0 Å². The summed E-state index contributed by atoms with van der Waals surface area (Å²) in [6.45, 7) is 4.43. The van der Waals surface area contributed by atoms with Gasteiger partial charge in [-0.15, -0.1) is 5.10 Å². The Bertz CT molecular complexity index is 1660. The molecular formula is C31H27FN4O3. The van der Waals surface area contributed by atoms with Crippen molar-refractivity contribution in [2.75, 3.05) is 6.61 Å². The highest BCUT2D eigenvalue weighted by molar-refractivity contribution is 6.04. The number of hydrogen-bond donors (Lipinski definition) is 2. The number of carboxylic acid groups (broad SMARTS) is 1. The first-order chi connectivity index (χ1) is 18.9. The van der Waals surface area contributed by atoms with Crippen molar-refractivity contribution in [3.05, 3.63) is 94.1 Å². The fourth-order valence-electron chi connectivity index (χ4n) is 5.08. The molecule has 0 spiro atoms. The van der Waals surface area contributed by atoms with Crippen molar-refractivity contribution >= 4 is 34.1 Å². The number of fused-ring (bicyclic) bond motifs is 1. The lowest BCUT2D eigenvalue weighted by atomic mass is 9.72. The van der Waals surface area contributed by atoms with Crippen molar-refractivity contribution in [2.24, 2.45) is 5.92 Å². The van der Waals surface area contributed by atoms with E-state index >= 15 is 0 Å². The summed E-state index contributed by atoms with van der Waals surface area (Å²) in [5, 5.41) is 25.8. The summed E-state index contributed by atoms with van der Waals surface area (Å²) in [6.07, 6.45) is 7.48. The first kappa shape index (κ1) is 25.9. The predicted molar refractivity (Wildman–Crippen MR) is 147 cm³/mol. The minimum absolute atomic E-state index is 0.156. The van der Waals surface area contributed by atoms with E-state index in [1.54, 1.807) is 6.07 Å². The van der Waals surface area contributed by atoms with Crippen LogP contribution in [0.15, 0.2) is 54.7 Å². The van der Waals surface area contributed by atoms with Gasteiger partial charge in [0.2, 0.25) is 11.8 Å². The van der Waals surface area contributed by atoms with E-state index in [1.807, 2.05) is 56.4 Å². The van der Waals surface area contributed by atoms with Gasteiger partial charge in [0.1, 0.15) is 6.07 Å². The molecule has 8 heteroatoms. The van der Waals surface area contributed by atoms with Crippen LogP contribution >= 0.6 is 0 Å². The third-order valence-electron chi connectivity index (χ3n) is 7.14. The molecule has 2 aromatic heterocycles. The topological polar surface area (TPSA) is 112 Å². The van der Waals surface area contributed by atoms with E-state index < -0.39 is 11.9 Å². The zero-order valence-corrected chi connectivity index (χ0v) is 21.7. The van der Waals surface area contributed by atoms with Gasteiger partial charge in [0, 0.05) is 29.5 Å². The van der Waals surface area contributed by atoms with Crippen LogP contribution in [0, 0.1) is 30.1 Å². The van der Waals surface area contributed by atoms with Crippen LogP contribution in [0.2, 0.25) is 0 Å². The van der Waals surface area contributed by atoms with Crippen LogP contribution in [-0.2, 0) is 4.79 Å². The molecule has 0 aliphatic heterocycles. The minimum atomic E-state index is -1.03. The largest absolute Gasteiger partial charge is 0.478 e. The van der Waals surface area contributed by atoms with Crippen molar-refractivity contribution in [2.45, 2.75) is 33.1 Å². The van der Waals surface area contributed by atoms with E-state index in [0.717, 1.165) is 58.7 Å². The molecule has 0 amide bonds. The lowest BCUT2D eigenvalue weighted by molar-refractivity contribution is -0.131. The first-order valence-electron chi connectivity index (χ1n) is 12.8. The molecule has 0 saturated heterocycles. The lowest BCUT2D eigenvalue weighted by Gasteiger charge is -2.32. The maximum Gasteiger partial charge on any atom is 0.328 e. The molecule has 1 fully saturated rings. The average Bonchev–Trinajstić information content (AvgIpc) is 3.28. The molecule has 2 heterocycles. The highest BCUT2D eigenvalue weighted by Gasteiger charge is 2.30. The number of pyridine rings is 1. The highest BCUT2D eigenvalue weighted by atomic mass is 19.1. The Morgan fingerprint density at radius 1 is 1.23 bits per heavy atom. The van der Waals surface area contributed by atoms with Gasteiger partial charge >= 0.3 is 5.97 Å². The van der Waals surface area contributed by atoms with Crippen LogP contribution in [0.3, 0.4) is 0 Å². The van der Waals surface area contributed by atoms with Gasteiger partial charge in [0.05, 0.1) is 23.1 Å². The number of halogens is 1. The molecule has 1 saturated carbocycles. The second kappa shape index (κ2) is 10.9. The summed E-state index contributed by atoms with van der Waals surface area (Å²) in [4.78, 5) is 15.5. The molecule has 0 atom stereocenters. The molecule has 0 unspecified atom stereocenters. The Morgan fingerprint density at radius 2 is 2.00 bits per heavy atom.